The molecule has 0 aliphatic heterocycles. The molecule has 1 aromatic heterocycles. The number of hydrogen-bond donors (Lipinski definition) is 1. The van der Waals surface area contributed by atoms with Crippen LogP contribution in [0.25, 0.3) is 0 Å². The Bertz CT molecular complexity index is 370. The Balaban J connectivity index is 2.48. The van der Waals surface area contributed by atoms with Crippen LogP contribution in [0.4, 0.5) is 5.95 Å². The zero-order valence-corrected chi connectivity index (χ0v) is 12.6. The van der Waals surface area contributed by atoms with Crippen LogP contribution < -0.4 is 10.1 Å². The van der Waals surface area contributed by atoms with Crippen molar-refractivity contribution in [1.82, 2.24) is 14.9 Å². The van der Waals surface area contributed by atoms with Crippen LogP contribution in [0.3, 0.4) is 0 Å². The summed E-state index contributed by atoms with van der Waals surface area (Å²) in [5.41, 5.74) is 0.918. The first-order valence-electron chi connectivity index (χ1n) is 7.14. The van der Waals surface area contributed by atoms with E-state index in [2.05, 4.69) is 34.0 Å². The molecule has 5 nitrogen and oxygen atoms in total. The molecule has 0 aliphatic rings. The molecular formula is C14H26N4O. The Morgan fingerprint density at radius 1 is 1.21 bits per heavy atom. The van der Waals surface area contributed by atoms with Gasteiger partial charge in [0.05, 0.1) is 6.61 Å². The van der Waals surface area contributed by atoms with E-state index in [0.29, 0.717) is 18.4 Å². The summed E-state index contributed by atoms with van der Waals surface area (Å²) in [5, 5.41) is 3.26. The normalized spacial score (nSPS) is 10.8. The maximum Gasteiger partial charge on any atom is 0.226 e. The molecule has 108 valence electrons. The molecule has 0 saturated carbocycles. The highest BCUT2D eigenvalue weighted by Gasteiger charge is 2.04. The number of rotatable bonds is 9. The predicted molar refractivity (Wildman–Crippen MR) is 78.8 cm³/mol. The van der Waals surface area contributed by atoms with Crippen molar-refractivity contribution in [3.8, 4) is 5.88 Å². The van der Waals surface area contributed by atoms with Gasteiger partial charge < -0.3 is 15.0 Å². The first-order valence-corrected chi connectivity index (χ1v) is 7.14. The van der Waals surface area contributed by atoms with Crippen LogP contribution in [0.2, 0.25) is 0 Å². The second kappa shape index (κ2) is 8.69. The summed E-state index contributed by atoms with van der Waals surface area (Å²) in [5.74, 6) is 1.29. The summed E-state index contributed by atoms with van der Waals surface area (Å²) in [6, 6.07) is 1.85. The van der Waals surface area contributed by atoms with E-state index in [0.717, 1.165) is 31.9 Å². The van der Waals surface area contributed by atoms with E-state index in [9.17, 15) is 0 Å². The summed E-state index contributed by atoms with van der Waals surface area (Å²) in [4.78, 5) is 11.1. The van der Waals surface area contributed by atoms with Gasteiger partial charge >= 0.3 is 0 Å². The van der Waals surface area contributed by atoms with Crippen molar-refractivity contribution >= 4 is 5.95 Å². The molecule has 1 heterocycles. The van der Waals surface area contributed by atoms with Gasteiger partial charge in [-0.2, -0.15) is 4.98 Å². The standard InChI is InChI=1S/C14H26N4O/c1-5-9-18(6-2)10-8-15-14-16-12(4)11-13(17-14)19-7-3/h11H,5-10H2,1-4H3,(H,15,16,17). The van der Waals surface area contributed by atoms with Gasteiger partial charge in [-0.25, -0.2) is 4.98 Å². The second-order valence-electron chi connectivity index (χ2n) is 4.47. The number of aryl methyl sites for hydroxylation is 1. The van der Waals surface area contributed by atoms with Crippen LogP contribution in [0, 0.1) is 6.92 Å². The second-order valence-corrected chi connectivity index (χ2v) is 4.47. The highest BCUT2D eigenvalue weighted by atomic mass is 16.5. The summed E-state index contributed by atoms with van der Waals surface area (Å²) in [6.07, 6.45) is 1.18. The maximum atomic E-state index is 5.41. The van der Waals surface area contributed by atoms with Crippen molar-refractivity contribution in [2.75, 3.05) is 38.1 Å². The predicted octanol–water partition coefficient (Wildman–Crippen LogP) is 2.33. The average Bonchev–Trinajstić information content (AvgIpc) is 2.37. The van der Waals surface area contributed by atoms with E-state index in [4.69, 9.17) is 4.74 Å². The zero-order chi connectivity index (χ0) is 14.1. The first kappa shape index (κ1) is 15.7. The Morgan fingerprint density at radius 2 is 2.00 bits per heavy atom. The van der Waals surface area contributed by atoms with Gasteiger partial charge in [0, 0.05) is 24.8 Å². The van der Waals surface area contributed by atoms with Crippen LogP contribution in [-0.2, 0) is 0 Å². The largest absolute Gasteiger partial charge is 0.478 e. The number of nitrogens with zero attached hydrogens (tertiary/aromatic N) is 3. The third-order valence-electron chi connectivity index (χ3n) is 2.82. The molecule has 19 heavy (non-hydrogen) atoms. The molecular weight excluding hydrogens is 240 g/mol. The highest BCUT2D eigenvalue weighted by molar-refractivity contribution is 5.30. The van der Waals surface area contributed by atoms with Gasteiger partial charge in [-0.05, 0) is 33.4 Å². The Hall–Kier alpha value is -1.36. The highest BCUT2D eigenvalue weighted by Crippen LogP contribution is 2.11. The van der Waals surface area contributed by atoms with E-state index in [1.807, 2.05) is 19.9 Å². The summed E-state index contributed by atoms with van der Waals surface area (Å²) >= 11 is 0. The number of nitrogens with one attached hydrogen (secondary N) is 1. The first-order chi connectivity index (χ1) is 9.19. The van der Waals surface area contributed by atoms with Gasteiger partial charge in [0.1, 0.15) is 0 Å². The van der Waals surface area contributed by atoms with E-state index in [1.165, 1.54) is 6.42 Å². The van der Waals surface area contributed by atoms with Crippen molar-refractivity contribution in [1.29, 1.82) is 0 Å². The monoisotopic (exact) mass is 266 g/mol. The van der Waals surface area contributed by atoms with Crippen LogP contribution in [0.1, 0.15) is 32.9 Å². The smallest absolute Gasteiger partial charge is 0.226 e. The third kappa shape index (κ3) is 5.87. The van der Waals surface area contributed by atoms with Crippen molar-refractivity contribution in [2.45, 2.75) is 34.1 Å². The van der Waals surface area contributed by atoms with Crippen molar-refractivity contribution < 1.29 is 4.74 Å². The number of likely N-dealkylation sites (N-methyl/N-ethyl adjacent to an activating group) is 1. The van der Waals surface area contributed by atoms with Crippen LogP contribution >= 0.6 is 0 Å². The Kier molecular flexibility index (Phi) is 7.18. The Morgan fingerprint density at radius 3 is 2.63 bits per heavy atom. The van der Waals surface area contributed by atoms with Gasteiger partial charge in [-0.3, -0.25) is 0 Å². The van der Waals surface area contributed by atoms with Gasteiger partial charge in [0.2, 0.25) is 11.8 Å². The Labute approximate surface area is 116 Å². The lowest BCUT2D eigenvalue weighted by Crippen LogP contribution is -2.30. The quantitative estimate of drug-likeness (QED) is 0.743. The zero-order valence-electron chi connectivity index (χ0n) is 12.6. The molecule has 0 saturated heterocycles. The number of hydrogen-bond acceptors (Lipinski definition) is 5. The van der Waals surface area contributed by atoms with E-state index in [-0.39, 0.29) is 0 Å². The molecule has 1 N–H and O–H groups in total. The molecule has 0 spiro atoms. The minimum atomic E-state index is 0.621. The summed E-state index contributed by atoms with van der Waals surface area (Å²) in [6.45, 7) is 13.0. The molecule has 0 aliphatic carbocycles. The number of anilines is 1. The number of aromatic nitrogens is 2. The lowest BCUT2D eigenvalue weighted by molar-refractivity contribution is 0.299. The molecule has 0 radical (unpaired) electrons. The fourth-order valence-electron chi connectivity index (χ4n) is 1.91. The minimum Gasteiger partial charge on any atom is -0.478 e. The lowest BCUT2D eigenvalue weighted by Gasteiger charge is -2.19. The molecule has 0 unspecified atom stereocenters. The fourth-order valence-corrected chi connectivity index (χ4v) is 1.91. The molecule has 5 heteroatoms. The minimum absolute atomic E-state index is 0.621. The van der Waals surface area contributed by atoms with Crippen molar-refractivity contribution in [3.05, 3.63) is 11.8 Å². The van der Waals surface area contributed by atoms with E-state index < -0.39 is 0 Å². The van der Waals surface area contributed by atoms with Gasteiger partial charge in [-0.15, -0.1) is 0 Å². The van der Waals surface area contributed by atoms with E-state index >= 15 is 0 Å². The topological polar surface area (TPSA) is 50.3 Å². The third-order valence-corrected chi connectivity index (χ3v) is 2.82. The number of ether oxygens (including phenoxy) is 1. The average molecular weight is 266 g/mol. The molecule has 0 fully saturated rings. The van der Waals surface area contributed by atoms with Crippen LogP contribution in [0.5, 0.6) is 5.88 Å². The molecule has 1 aromatic rings. The molecule has 0 aromatic carbocycles. The molecule has 1 rings (SSSR count). The van der Waals surface area contributed by atoms with Gasteiger partial charge in [-0.1, -0.05) is 13.8 Å². The fraction of sp³-hybridized carbons (Fsp3) is 0.714. The molecule has 0 amide bonds. The molecule has 0 atom stereocenters. The SMILES string of the molecule is CCCN(CC)CCNc1nc(C)cc(OCC)n1. The summed E-state index contributed by atoms with van der Waals surface area (Å²) in [7, 11) is 0. The van der Waals surface area contributed by atoms with Crippen molar-refractivity contribution in [3.63, 3.8) is 0 Å². The van der Waals surface area contributed by atoms with Crippen LogP contribution in [-0.4, -0.2) is 47.7 Å². The van der Waals surface area contributed by atoms with Gasteiger partial charge in [0.25, 0.3) is 0 Å². The van der Waals surface area contributed by atoms with Crippen LogP contribution in [0.15, 0.2) is 6.07 Å². The lowest BCUT2D eigenvalue weighted by atomic mass is 10.4. The van der Waals surface area contributed by atoms with Gasteiger partial charge in [0.15, 0.2) is 0 Å². The molecule has 0 bridgehead atoms. The summed E-state index contributed by atoms with van der Waals surface area (Å²) < 4.78 is 5.41. The van der Waals surface area contributed by atoms with E-state index in [1.54, 1.807) is 0 Å². The maximum absolute atomic E-state index is 5.41. The van der Waals surface area contributed by atoms with Crippen molar-refractivity contribution in [2.24, 2.45) is 0 Å².